The van der Waals surface area contributed by atoms with Crippen molar-refractivity contribution < 1.29 is 23.3 Å². The maximum Gasteiger partial charge on any atom is 0.188 e. The van der Waals surface area contributed by atoms with Crippen LogP contribution in [0.1, 0.15) is 25.0 Å². The van der Waals surface area contributed by atoms with Crippen molar-refractivity contribution in [2.75, 3.05) is 20.5 Å². The molecular formula is C25H27FO4. The predicted molar refractivity (Wildman–Crippen MR) is 115 cm³/mol. The van der Waals surface area contributed by atoms with E-state index in [1.165, 1.54) is 6.07 Å². The number of benzene rings is 3. The molecule has 4 nitrogen and oxygen atoms in total. The van der Waals surface area contributed by atoms with Crippen molar-refractivity contribution in [3.63, 3.8) is 0 Å². The van der Waals surface area contributed by atoms with E-state index >= 15 is 0 Å². The van der Waals surface area contributed by atoms with Gasteiger partial charge in [-0.15, -0.1) is 0 Å². The van der Waals surface area contributed by atoms with Gasteiger partial charge in [0.15, 0.2) is 18.4 Å². The maximum absolute atomic E-state index is 14.1. The fourth-order valence-corrected chi connectivity index (χ4v) is 2.97. The van der Waals surface area contributed by atoms with Crippen molar-refractivity contribution >= 4 is 0 Å². The molecule has 0 saturated heterocycles. The van der Waals surface area contributed by atoms with Crippen LogP contribution in [-0.4, -0.2) is 20.5 Å². The molecule has 0 aliphatic rings. The Morgan fingerprint density at radius 2 is 1.60 bits per heavy atom. The Kier molecular flexibility index (Phi) is 7.44. The lowest BCUT2D eigenvalue weighted by atomic mass is 9.85. The number of rotatable bonds is 10. The zero-order valence-corrected chi connectivity index (χ0v) is 17.6. The van der Waals surface area contributed by atoms with E-state index in [0.717, 1.165) is 16.9 Å². The number of ether oxygens (including phenoxy) is 4. The topological polar surface area (TPSA) is 36.9 Å². The molecule has 0 saturated carbocycles. The molecule has 0 aliphatic carbocycles. The molecule has 30 heavy (non-hydrogen) atoms. The quantitative estimate of drug-likeness (QED) is 0.379. The molecule has 0 aliphatic heterocycles. The highest BCUT2D eigenvalue weighted by Crippen LogP contribution is 2.28. The molecule has 3 aromatic carbocycles. The van der Waals surface area contributed by atoms with Gasteiger partial charge >= 0.3 is 0 Å². The van der Waals surface area contributed by atoms with Crippen LogP contribution in [0.25, 0.3) is 0 Å². The molecule has 0 aromatic heterocycles. The molecule has 0 N–H and O–H groups in total. The van der Waals surface area contributed by atoms with Gasteiger partial charge in [-0.05, 0) is 47.5 Å². The average molecular weight is 410 g/mol. The Morgan fingerprint density at radius 3 is 2.30 bits per heavy atom. The molecule has 0 fully saturated rings. The second-order valence-electron chi connectivity index (χ2n) is 7.63. The van der Waals surface area contributed by atoms with E-state index in [2.05, 4.69) is 13.8 Å². The molecular weight excluding hydrogens is 383 g/mol. The van der Waals surface area contributed by atoms with Crippen LogP contribution in [-0.2, 0) is 21.5 Å². The van der Waals surface area contributed by atoms with Gasteiger partial charge in [0.05, 0.1) is 13.2 Å². The van der Waals surface area contributed by atoms with Gasteiger partial charge in [0, 0.05) is 12.5 Å². The normalized spacial score (nSPS) is 11.3. The summed E-state index contributed by atoms with van der Waals surface area (Å²) in [6, 6.07) is 21.8. The molecule has 3 rings (SSSR count). The Hall–Kier alpha value is -2.89. The van der Waals surface area contributed by atoms with Gasteiger partial charge in [-0.2, -0.15) is 0 Å². The zero-order valence-electron chi connectivity index (χ0n) is 17.6. The first-order valence-electron chi connectivity index (χ1n) is 9.79. The number of hydrogen-bond donors (Lipinski definition) is 0. The predicted octanol–water partition coefficient (Wildman–Crippen LogP) is 6.10. The Labute approximate surface area is 177 Å². The summed E-state index contributed by atoms with van der Waals surface area (Å²) < 4.78 is 36.1. The highest BCUT2D eigenvalue weighted by Gasteiger charge is 2.21. The van der Waals surface area contributed by atoms with Crippen molar-refractivity contribution in [2.45, 2.75) is 25.9 Å². The van der Waals surface area contributed by atoms with Crippen molar-refractivity contribution in [1.82, 2.24) is 0 Å². The first-order valence-corrected chi connectivity index (χ1v) is 9.79. The third-order valence-electron chi connectivity index (χ3n) is 4.68. The highest BCUT2D eigenvalue weighted by atomic mass is 19.1. The summed E-state index contributed by atoms with van der Waals surface area (Å²) in [6.07, 6.45) is 0. The van der Waals surface area contributed by atoms with E-state index in [-0.39, 0.29) is 18.0 Å². The second kappa shape index (κ2) is 10.2. The van der Waals surface area contributed by atoms with Gasteiger partial charge in [0.2, 0.25) is 0 Å². The molecule has 0 heterocycles. The third kappa shape index (κ3) is 6.05. The Balaban J connectivity index is 1.58. The van der Waals surface area contributed by atoms with Crippen LogP contribution >= 0.6 is 0 Å². The summed E-state index contributed by atoms with van der Waals surface area (Å²) in [5.41, 5.74) is 1.80. The van der Waals surface area contributed by atoms with E-state index in [4.69, 9.17) is 18.9 Å². The third-order valence-corrected chi connectivity index (χ3v) is 4.68. The number of hydrogen-bond acceptors (Lipinski definition) is 4. The summed E-state index contributed by atoms with van der Waals surface area (Å²) in [5, 5.41) is 0. The lowest BCUT2D eigenvalue weighted by Gasteiger charge is -2.25. The fraction of sp³-hybridized carbons (Fsp3) is 0.280. The zero-order chi connectivity index (χ0) is 21.4. The van der Waals surface area contributed by atoms with Gasteiger partial charge in [-0.3, -0.25) is 0 Å². The summed E-state index contributed by atoms with van der Waals surface area (Å²) in [4.78, 5) is 0. The average Bonchev–Trinajstić information content (AvgIpc) is 2.75. The smallest absolute Gasteiger partial charge is 0.188 e. The van der Waals surface area contributed by atoms with Gasteiger partial charge in [0.1, 0.15) is 11.5 Å². The van der Waals surface area contributed by atoms with Crippen LogP contribution in [0.5, 0.6) is 17.2 Å². The van der Waals surface area contributed by atoms with E-state index in [1.54, 1.807) is 31.4 Å². The summed E-state index contributed by atoms with van der Waals surface area (Å²) in [7, 11) is 1.59. The SMILES string of the molecule is COCOc1ccc(C(C)(C)COCc2ccc(F)c(Oc3ccccc3)c2)cc1. The molecule has 0 spiro atoms. The lowest BCUT2D eigenvalue weighted by molar-refractivity contribution is 0.0510. The molecule has 0 bridgehead atoms. The number of halogens is 1. The van der Waals surface area contributed by atoms with Gasteiger partial charge in [-0.1, -0.05) is 50.2 Å². The van der Waals surface area contributed by atoms with Crippen LogP contribution in [0.2, 0.25) is 0 Å². The van der Waals surface area contributed by atoms with Crippen LogP contribution in [0.4, 0.5) is 4.39 Å². The fourth-order valence-electron chi connectivity index (χ4n) is 2.97. The summed E-state index contributed by atoms with van der Waals surface area (Å²) in [6.45, 7) is 5.33. The minimum Gasteiger partial charge on any atom is -0.468 e. The molecule has 0 atom stereocenters. The molecule has 5 heteroatoms. The van der Waals surface area contributed by atoms with E-state index in [9.17, 15) is 4.39 Å². The van der Waals surface area contributed by atoms with E-state index < -0.39 is 5.82 Å². The van der Waals surface area contributed by atoms with Crippen molar-refractivity contribution in [3.05, 3.63) is 89.7 Å². The van der Waals surface area contributed by atoms with Gasteiger partial charge in [-0.25, -0.2) is 4.39 Å². The molecule has 0 radical (unpaired) electrons. The van der Waals surface area contributed by atoms with E-state index in [0.29, 0.717) is 19.0 Å². The van der Waals surface area contributed by atoms with Crippen LogP contribution in [0.15, 0.2) is 72.8 Å². The maximum atomic E-state index is 14.1. The van der Waals surface area contributed by atoms with Crippen molar-refractivity contribution in [1.29, 1.82) is 0 Å². The van der Waals surface area contributed by atoms with Crippen molar-refractivity contribution in [3.8, 4) is 17.2 Å². The van der Waals surface area contributed by atoms with Crippen LogP contribution in [0.3, 0.4) is 0 Å². The van der Waals surface area contributed by atoms with Gasteiger partial charge in [0.25, 0.3) is 0 Å². The standard InChI is InChI=1S/C25H27FO4/c1-25(2,20-10-12-21(13-11-20)29-18-27-3)17-28-16-19-9-14-23(26)24(15-19)30-22-7-5-4-6-8-22/h4-15H,16-18H2,1-3H3. The molecule has 158 valence electrons. The first kappa shape index (κ1) is 21.8. The van der Waals surface area contributed by atoms with Crippen LogP contribution in [0, 0.1) is 5.82 Å². The number of methoxy groups -OCH3 is 1. The van der Waals surface area contributed by atoms with Crippen LogP contribution < -0.4 is 9.47 Å². The Bertz CT molecular complexity index is 924. The Morgan fingerprint density at radius 1 is 0.867 bits per heavy atom. The van der Waals surface area contributed by atoms with Crippen molar-refractivity contribution in [2.24, 2.45) is 0 Å². The monoisotopic (exact) mass is 410 g/mol. The number of para-hydroxylation sites is 1. The van der Waals surface area contributed by atoms with Gasteiger partial charge < -0.3 is 18.9 Å². The molecule has 0 unspecified atom stereocenters. The summed E-state index contributed by atoms with van der Waals surface area (Å²) in [5.74, 6) is 1.13. The highest BCUT2D eigenvalue weighted by molar-refractivity contribution is 5.35. The van der Waals surface area contributed by atoms with E-state index in [1.807, 2.05) is 42.5 Å². The minimum atomic E-state index is -0.404. The largest absolute Gasteiger partial charge is 0.468 e. The second-order valence-corrected chi connectivity index (χ2v) is 7.63. The molecule has 0 amide bonds. The minimum absolute atomic E-state index is 0.188. The lowest BCUT2D eigenvalue weighted by Crippen LogP contribution is -2.24. The first-order chi connectivity index (χ1) is 14.5. The molecule has 3 aromatic rings. The summed E-state index contributed by atoms with van der Waals surface area (Å²) >= 11 is 0.